The van der Waals surface area contributed by atoms with Gasteiger partial charge in [-0.15, -0.1) is 0 Å². The number of thioether (sulfide) groups is 1. The number of nitrogens with one attached hydrogen (secondary N) is 1. The Morgan fingerprint density at radius 1 is 1.25 bits per heavy atom. The van der Waals surface area contributed by atoms with Gasteiger partial charge in [0.15, 0.2) is 5.16 Å². The summed E-state index contributed by atoms with van der Waals surface area (Å²) in [6.07, 6.45) is 3.21. The highest BCUT2D eigenvalue weighted by Gasteiger charge is 2.16. The second-order valence-electron chi connectivity index (χ2n) is 3.99. The van der Waals surface area contributed by atoms with Gasteiger partial charge < -0.3 is 16.8 Å². The SMILES string of the molecule is CC(Sc1nc(N)cc(N)n1)C(=O)Nc1ccncc1. The highest BCUT2D eigenvalue weighted by molar-refractivity contribution is 8.00. The molecular formula is C12H14N6OS. The van der Waals surface area contributed by atoms with E-state index in [4.69, 9.17) is 11.5 Å². The van der Waals surface area contributed by atoms with Gasteiger partial charge in [-0.05, 0) is 19.1 Å². The Balaban J connectivity index is 2.00. The predicted octanol–water partition coefficient (Wildman–Crippen LogP) is 1.16. The molecular weight excluding hydrogens is 276 g/mol. The zero-order chi connectivity index (χ0) is 14.5. The molecule has 1 amide bonds. The maximum absolute atomic E-state index is 12.0. The average molecular weight is 290 g/mol. The number of nitrogens with zero attached hydrogens (tertiary/aromatic N) is 3. The van der Waals surface area contributed by atoms with Crippen molar-refractivity contribution in [3.63, 3.8) is 0 Å². The van der Waals surface area contributed by atoms with Crippen molar-refractivity contribution in [3.05, 3.63) is 30.6 Å². The molecule has 0 bridgehead atoms. The molecule has 0 spiro atoms. The minimum absolute atomic E-state index is 0.161. The Bertz CT molecular complexity index is 586. The molecule has 2 heterocycles. The fourth-order valence-corrected chi connectivity index (χ4v) is 2.20. The standard InChI is InChI=1S/C12H14N6OS/c1-7(11(19)16-8-2-4-15-5-3-8)20-12-17-9(13)6-10(14)18-12/h2-7H,1H3,(H,15,16,19)(H4,13,14,17,18). The summed E-state index contributed by atoms with van der Waals surface area (Å²) >= 11 is 1.19. The number of pyridine rings is 1. The van der Waals surface area contributed by atoms with Crippen LogP contribution in [0.15, 0.2) is 35.7 Å². The van der Waals surface area contributed by atoms with Crippen LogP contribution in [-0.2, 0) is 4.79 Å². The van der Waals surface area contributed by atoms with Crippen molar-refractivity contribution in [2.45, 2.75) is 17.3 Å². The second-order valence-corrected chi connectivity index (χ2v) is 5.29. The van der Waals surface area contributed by atoms with Gasteiger partial charge in [0, 0.05) is 24.1 Å². The number of carbonyl (C=O) groups is 1. The fourth-order valence-electron chi connectivity index (χ4n) is 1.41. The number of carbonyl (C=O) groups excluding carboxylic acids is 1. The minimum Gasteiger partial charge on any atom is -0.383 e. The van der Waals surface area contributed by atoms with Gasteiger partial charge in [0.25, 0.3) is 0 Å². The van der Waals surface area contributed by atoms with Crippen LogP contribution in [0.4, 0.5) is 17.3 Å². The Labute approximate surface area is 120 Å². The zero-order valence-electron chi connectivity index (χ0n) is 10.8. The lowest BCUT2D eigenvalue weighted by Crippen LogP contribution is -2.22. The van der Waals surface area contributed by atoms with Crippen molar-refractivity contribution in [1.29, 1.82) is 0 Å². The fraction of sp³-hybridized carbons (Fsp3) is 0.167. The lowest BCUT2D eigenvalue weighted by atomic mass is 10.3. The van der Waals surface area contributed by atoms with E-state index < -0.39 is 0 Å². The first kappa shape index (κ1) is 14.1. The first-order chi connectivity index (χ1) is 9.54. The van der Waals surface area contributed by atoms with E-state index >= 15 is 0 Å². The molecule has 2 rings (SSSR count). The molecule has 0 radical (unpaired) electrons. The first-order valence-electron chi connectivity index (χ1n) is 5.82. The van der Waals surface area contributed by atoms with Crippen molar-refractivity contribution in [2.75, 3.05) is 16.8 Å². The van der Waals surface area contributed by atoms with E-state index in [1.807, 2.05) is 0 Å². The Morgan fingerprint density at radius 2 is 1.85 bits per heavy atom. The maximum Gasteiger partial charge on any atom is 0.237 e. The molecule has 0 aliphatic heterocycles. The molecule has 8 heteroatoms. The number of aromatic nitrogens is 3. The van der Waals surface area contributed by atoms with Crippen LogP contribution in [-0.4, -0.2) is 26.1 Å². The number of nitrogens with two attached hydrogens (primary N) is 2. The van der Waals surface area contributed by atoms with Crippen LogP contribution in [0.5, 0.6) is 0 Å². The van der Waals surface area contributed by atoms with Crippen LogP contribution in [0, 0.1) is 0 Å². The third kappa shape index (κ3) is 3.82. The summed E-state index contributed by atoms with van der Waals surface area (Å²) in [5.41, 5.74) is 11.9. The van der Waals surface area contributed by atoms with Crippen molar-refractivity contribution >= 4 is 35.0 Å². The number of anilines is 3. The molecule has 104 valence electrons. The molecule has 0 saturated carbocycles. The van der Waals surface area contributed by atoms with E-state index in [1.54, 1.807) is 31.5 Å². The van der Waals surface area contributed by atoms with Crippen LogP contribution in [0.2, 0.25) is 0 Å². The summed E-state index contributed by atoms with van der Waals surface area (Å²) in [5.74, 6) is 0.397. The van der Waals surface area contributed by atoms with E-state index in [0.717, 1.165) is 0 Å². The molecule has 2 aromatic heterocycles. The molecule has 0 aliphatic carbocycles. The normalized spacial score (nSPS) is 11.8. The molecule has 1 atom stereocenters. The van der Waals surface area contributed by atoms with E-state index in [2.05, 4.69) is 20.3 Å². The Morgan fingerprint density at radius 3 is 2.45 bits per heavy atom. The predicted molar refractivity (Wildman–Crippen MR) is 79.0 cm³/mol. The number of hydrogen-bond acceptors (Lipinski definition) is 7. The zero-order valence-corrected chi connectivity index (χ0v) is 11.6. The van der Waals surface area contributed by atoms with Crippen LogP contribution in [0.1, 0.15) is 6.92 Å². The quantitative estimate of drug-likeness (QED) is 0.570. The van der Waals surface area contributed by atoms with Crippen molar-refractivity contribution in [2.24, 2.45) is 0 Å². The smallest absolute Gasteiger partial charge is 0.237 e. The van der Waals surface area contributed by atoms with Gasteiger partial charge in [-0.1, -0.05) is 11.8 Å². The van der Waals surface area contributed by atoms with Gasteiger partial charge in [0.1, 0.15) is 11.6 Å². The third-order valence-electron chi connectivity index (χ3n) is 2.34. The summed E-state index contributed by atoms with van der Waals surface area (Å²) < 4.78 is 0. The molecule has 5 N–H and O–H groups in total. The van der Waals surface area contributed by atoms with E-state index in [-0.39, 0.29) is 22.8 Å². The van der Waals surface area contributed by atoms with Crippen molar-refractivity contribution in [3.8, 4) is 0 Å². The van der Waals surface area contributed by atoms with Gasteiger partial charge in [-0.3, -0.25) is 9.78 Å². The van der Waals surface area contributed by atoms with Gasteiger partial charge >= 0.3 is 0 Å². The Hall–Kier alpha value is -2.35. The molecule has 0 fully saturated rings. The first-order valence-corrected chi connectivity index (χ1v) is 6.70. The summed E-state index contributed by atoms with van der Waals surface area (Å²) in [6, 6.07) is 4.89. The van der Waals surface area contributed by atoms with E-state index in [1.165, 1.54) is 17.8 Å². The summed E-state index contributed by atoms with van der Waals surface area (Å²) in [4.78, 5) is 23.9. The number of hydrogen-bond donors (Lipinski definition) is 3. The van der Waals surface area contributed by atoms with Crippen LogP contribution in [0.25, 0.3) is 0 Å². The lowest BCUT2D eigenvalue weighted by molar-refractivity contribution is -0.115. The molecule has 2 aromatic rings. The summed E-state index contributed by atoms with van der Waals surface area (Å²) in [7, 11) is 0. The summed E-state index contributed by atoms with van der Waals surface area (Å²) in [6.45, 7) is 1.75. The van der Waals surface area contributed by atoms with Crippen molar-refractivity contribution < 1.29 is 4.79 Å². The number of amides is 1. The van der Waals surface area contributed by atoms with Crippen LogP contribution in [0.3, 0.4) is 0 Å². The number of rotatable bonds is 4. The van der Waals surface area contributed by atoms with Gasteiger partial charge in [-0.2, -0.15) is 0 Å². The lowest BCUT2D eigenvalue weighted by Gasteiger charge is -2.11. The molecule has 0 saturated heterocycles. The highest BCUT2D eigenvalue weighted by atomic mass is 32.2. The van der Waals surface area contributed by atoms with Crippen LogP contribution >= 0.6 is 11.8 Å². The highest BCUT2D eigenvalue weighted by Crippen LogP contribution is 2.22. The van der Waals surface area contributed by atoms with Gasteiger partial charge in [0.2, 0.25) is 5.91 Å². The number of nitrogen functional groups attached to an aromatic ring is 2. The molecule has 20 heavy (non-hydrogen) atoms. The monoisotopic (exact) mass is 290 g/mol. The van der Waals surface area contributed by atoms with Gasteiger partial charge in [-0.25, -0.2) is 9.97 Å². The Kier molecular flexibility index (Phi) is 4.36. The van der Waals surface area contributed by atoms with Crippen molar-refractivity contribution in [1.82, 2.24) is 15.0 Å². The molecule has 0 aromatic carbocycles. The second kappa shape index (κ2) is 6.20. The van der Waals surface area contributed by atoms with E-state index in [0.29, 0.717) is 10.8 Å². The minimum atomic E-state index is -0.385. The molecule has 1 unspecified atom stereocenters. The largest absolute Gasteiger partial charge is 0.383 e. The van der Waals surface area contributed by atoms with Crippen LogP contribution < -0.4 is 16.8 Å². The molecule has 7 nitrogen and oxygen atoms in total. The van der Waals surface area contributed by atoms with Gasteiger partial charge in [0.05, 0.1) is 5.25 Å². The third-order valence-corrected chi connectivity index (χ3v) is 3.31. The van der Waals surface area contributed by atoms with E-state index in [9.17, 15) is 4.79 Å². The average Bonchev–Trinajstić information content (AvgIpc) is 2.38. The topological polar surface area (TPSA) is 120 Å². The maximum atomic E-state index is 12.0. The molecule has 0 aliphatic rings. The summed E-state index contributed by atoms with van der Waals surface area (Å²) in [5, 5.41) is 2.76.